The van der Waals surface area contributed by atoms with Gasteiger partial charge in [0.25, 0.3) is 11.8 Å². The topological polar surface area (TPSA) is 73.5 Å². The highest BCUT2D eigenvalue weighted by molar-refractivity contribution is 8.26. The third-order valence-corrected chi connectivity index (χ3v) is 6.52. The first kappa shape index (κ1) is 21.0. The molecule has 0 bridgehead atoms. The number of aromatic nitrogens is 1. The number of benzene rings is 2. The second-order valence-electron chi connectivity index (χ2n) is 7.23. The van der Waals surface area contributed by atoms with Crippen LogP contribution in [0.5, 0.6) is 0 Å². The number of nitrogens with zero attached hydrogens (tertiary/aromatic N) is 2. The van der Waals surface area contributed by atoms with E-state index in [1.165, 1.54) is 22.7 Å². The number of rotatable bonds is 4. The van der Waals surface area contributed by atoms with Crippen LogP contribution >= 0.6 is 24.0 Å². The number of carbonyl (C=O) groups is 2. The molecule has 1 N–H and O–H groups in total. The van der Waals surface area contributed by atoms with E-state index >= 15 is 0 Å². The summed E-state index contributed by atoms with van der Waals surface area (Å²) in [6, 6.07) is 16.1. The van der Waals surface area contributed by atoms with E-state index in [2.05, 4.69) is 4.98 Å². The van der Waals surface area contributed by atoms with Gasteiger partial charge < -0.3 is 9.88 Å². The molecule has 6 nitrogen and oxygen atoms in total. The molecule has 156 valence electrons. The Kier molecular flexibility index (Phi) is 5.75. The molecule has 4 rings (SSSR count). The number of amides is 2. The maximum atomic E-state index is 12.9. The number of thiocarbonyl (C=S) groups is 1. The average Bonchev–Trinajstić information content (AvgIpc) is 3.00. The summed E-state index contributed by atoms with van der Waals surface area (Å²) in [6.45, 7) is 0.310. The number of aromatic amines is 1. The fourth-order valence-electron chi connectivity index (χ4n) is 3.37. The van der Waals surface area contributed by atoms with E-state index in [0.717, 1.165) is 22.0 Å². The standard InChI is InChI=1S/C23H19N3O3S2/c1-25(13-16-12-20(27)24-18-6-4-3-5-17(16)18)21(28)15-9-7-14(8-10-15)11-19-22(29)26(2)23(30)31-19/h3-12H,13H2,1-2H3,(H,24,27)/b19-11+. The molecule has 0 saturated carbocycles. The normalized spacial score (nSPS) is 15.2. The molecular formula is C23H19N3O3S2. The monoisotopic (exact) mass is 449 g/mol. The minimum absolute atomic E-state index is 0.125. The van der Waals surface area contributed by atoms with Gasteiger partial charge in [0.2, 0.25) is 5.56 Å². The van der Waals surface area contributed by atoms with Crippen LogP contribution in [-0.4, -0.2) is 45.0 Å². The number of thioether (sulfide) groups is 1. The summed E-state index contributed by atoms with van der Waals surface area (Å²) in [4.78, 5) is 43.4. The SMILES string of the molecule is CN(Cc1cc(=O)[nH]c2ccccc12)C(=O)c1ccc(/C=C2/SC(=S)N(C)C2=O)cc1. The molecule has 1 saturated heterocycles. The van der Waals surface area contributed by atoms with Crippen LogP contribution in [-0.2, 0) is 11.3 Å². The zero-order valence-electron chi connectivity index (χ0n) is 16.9. The Labute approximate surface area is 188 Å². The molecule has 1 aliphatic rings. The number of H-pyrrole nitrogens is 1. The molecule has 8 heteroatoms. The maximum Gasteiger partial charge on any atom is 0.265 e. The van der Waals surface area contributed by atoms with E-state index < -0.39 is 0 Å². The van der Waals surface area contributed by atoms with Crippen LogP contribution in [0.2, 0.25) is 0 Å². The van der Waals surface area contributed by atoms with E-state index in [-0.39, 0.29) is 17.4 Å². The number of pyridine rings is 1. The lowest BCUT2D eigenvalue weighted by Gasteiger charge is -2.18. The van der Waals surface area contributed by atoms with Crippen molar-refractivity contribution in [2.24, 2.45) is 0 Å². The number of para-hydroxylation sites is 1. The zero-order valence-corrected chi connectivity index (χ0v) is 18.5. The van der Waals surface area contributed by atoms with Crippen LogP contribution in [0.15, 0.2) is 64.3 Å². The van der Waals surface area contributed by atoms with Gasteiger partial charge in [-0.3, -0.25) is 19.3 Å². The van der Waals surface area contributed by atoms with Crippen molar-refractivity contribution >= 4 is 57.1 Å². The van der Waals surface area contributed by atoms with Gasteiger partial charge in [-0.25, -0.2) is 0 Å². The van der Waals surface area contributed by atoms with Crippen molar-refractivity contribution < 1.29 is 9.59 Å². The van der Waals surface area contributed by atoms with Crippen molar-refractivity contribution in [1.82, 2.24) is 14.8 Å². The summed E-state index contributed by atoms with van der Waals surface area (Å²) >= 11 is 6.40. The van der Waals surface area contributed by atoms with Crippen molar-refractivity contribution in [2.45, 2.75) is 6.54 Å². The number of hydrogen-bond acceptors (Lipinski definition) is 5. The smallest absolute Gasteiger partial charge is 0.265 e. The van der Waals surface area contributed by atoms with Crippen molar-refractivity contribution in [3.63, 3.8) is 0 Å². The summed E-state index contributed by atoms with van der Waals surface area (Å²) in [6.07, 6.45) is 1.77. The molecule has 1 aliphatic heterocycles. The van der Waals surface area contributed by atoms with Crippen LogP contribution < -0.4 is 5.56 Å². The maximum absolute atomic E-state index is 12.9. The summed E-state index contributed by atoms with van der Waals surface area (Å²) in [5.74, 6) is -0.282. The van der Waals surface area contributed by atoms with Gasteiger partial charge >= 0.3 is 0 Å². The predicted molar refractivity (Wildman–Crippen MR) is 128 cm³/mol. The van der Waals surface area contributed by atoms with Gasteiger partial charge in [0.15, 0.2) is 0 Å². The first-order chi connectivity index (χ1) is 14.8. The molecule has 1 aromatic heterocycles. The van der Waals surface area contributed by atoms with Gasteiger partial charge in [-0.1, -0.05) is 54.3 Å². The van der Waals surface area contributed by atoms with Gasteiger partial charge in [-0.2, -0.15) is 0 Å². The molecule has 3 aromatic rings. The molecule has 0 unspecified atom stereocenters. The van der Waals surface area contributed by atoms with Gasteiger partial charge in [0.1, 0.15) is 4.32 Å². The Balaban J connectivity index is 1.52. The highest BCUT2D eigenvalue weighted by Crippen LogP contribution is 2.31. The first-order valence-electron chi connectivity index (χ1n) is 9.51. The van der Waals surface area contributed by atoms with Crippen molar-refractivity contribution in [3.05, 3.63) is 86.5 Å². The summed E-state index contributed by atoms with van der Waals surface area (Å²) in [5.41, 5.74) is 2.67. The molecule has 0 atom stereocenters. The second-order valence-corrected chi connectivity index (χ2v) is 8.90. The number of fused-ring (bicyclic) bond motifs is 1. The third-order valence-electron chi connectivity index (χ3n) is 5.03. The lowest BCUT2D eigenvalue weighted by atomic mass is 10.1. The predicted octanol–water partition coefficient (Wildman–Crippen LogP) is 3.63. The van der Waals surface area contributed by atoms with Gasteiger partial charge in [-0.15, -0.1) is 0 Å². The van der Waals surface area contributed by atoms with Gasteiger partial charge in [-0.05, 0) is 35.4 Å². The minimum atomic E-state index is -0.198. The quantitative estimate of drug-likeness (QED) is 0.486. The Bertz CT molecular complexity index is 1300. The van der Waals surface area contributed by atoms with E-state index in [4.69, 9.17) is 12.2 Å². The van der Waals surface area contributed by atoms with Gasteiger partial charge in [0, 0.05) is 43.2 Å². The number of nitrogens with one attached hydrogen (secondary N) is 1. The number of carbonyl (C=O) groups excluding carboxylic acids is 2. The molecular weight excluding hydrogens is 430 g/mol. The summed E-state index contributed by atoms with van der Waals surface area (Å²) in [7, 11) is 3.36. The Morgan fingerprint density at radius 3 is 2.55 bits per heavy atom. The third kappa shape index (κ3) is 4.30. The Morgan fingerprint density at radius 2 is 1.87 bits per heavy atom. The highest BCUT2D eigenvalue weighted by Gasteiger charge is 2.28. The molecule has 2 aromatic carbocycles. The second kappa shape index (κ2) is 8.49. The van der Waals surface area contributed by atoms with Crippen LogP contribution in [0.1, 0.15) is 21.5 Å². The van der Waals surface area contributed by atoms with Crippen molar-refractivity contribution in [2.75, 3.05) is 14.1 Å². The van der Waals surface area contributed by atoms with Crippen LogP contribution in [0, 0.1) is 0 Å². The van der Waals surface area contributed by atoms with Crippen LogP contribution in [0.25, 0.3) is 17.0 Å². The van der Waals surface area contributed by atoms with E-state index in [1.54, 1.807) is 49.3 Å². The van der Waals surface area contributed by atoms with Crippen LogP contribution in [0.3, 0.4) is 0 Å². The molecule has 2 heterocycles. The number of likely N-dealkylation sites (N-methyl/N-ethyl adjacent to an activating group) is 1. The summed E-state index contributed by atoms with van der Waals surface area (Å²) in [5, 5.41) is 0.908. The molecule has 0 aliphatic carbocycles. The lowest BCUT2D eigenvalue weighted by molar-refractivity contribution is -0.121. The van der Waals surface area contributed by atoms with Gasteiger partial charge in [0.05, 0.1) is 4.91 Å². The number of hydrogen-bond donors (Lipinski definition) is 1. The van der Waals surface area contributed by atoms with Crippen LogP contribution in [0.4, 0.5) is 0 Å². The molecule has 1 fully saturated rings. The van der Waals surface area contributed by atoms with E-state index in [0.29, 0.717) is 21.3 Å². The van der Waals surface area contributed by atoms with Crippen molar-refractivity contribution in [3.8, 4) is 0 Å². The molecule has 0 radical (unpaired) electrons. The first-order valence-corrected chi connectivity index (χ1v) is 10.7. The van der Waals surface area contributed by atoms with E-state index in [1.807, 2.05) is 24.3 Å². The molecule has 31 heavy (non-hydrogen) atoms. The largest absolute Gasteiger partial charge is 0.337 e. The highest BCUT2D eigenvalue weighted by atomic mass is 32.2. The zero-order chi connectivity index (χ0) is 22.1. The fourth-order valence-corrected chi connectivity index (χ4v) is 4.55. The Morgan fingerprint density at radius 1 is 1.16 bits per heavy atom. The average molecular weight is 450 g/mol. The Hall–Kier alpha value is -3.23. The van der Waals surface area contributed by atoms with E-state index in [9.17, 15) is 14.4 Å². The molecule has 2 amide bonds. The van der Waals surface area contributed by atoms with Crippen molar-refractivity contribution in [1.29, 1.82) is 0 Å². The minimum Gasteiger partial charge on any atom is -0.337 e. The fraction of sp³-hybridized carbons (Fsp3) is 0.130. The summed E-state index contributed by atoms with van der Waals surface area (Å²) < 4.78 is 0.525. The molecule has 0 spiro atoms. The lowest BCUT2D eigenvalue weighted by Crippen LogP contribution is -2.27.